The van der Waals surface area contributed by atoms with Gasteiger partial charge in [0.1, 0.15) is 5.75 Å². The summed E-state index contributed by atoms with van der Waals surface area (Å²) in [5, 5.41) is 12.7. The highest BCUT2D eigenvalue weighted by Crippen LogP contribution is 2.33. The van der Waals surface area contributed by atoms with E-state index in [4.69, 9.17) is 0 Å². The van der Waals surface area contributed by atoms with E-state index in [-0.39, 0.29) is 36.6 Å². The van der Waals surface area contributed by atoms with E-state index in [0.29, 0.717) is 24.2 Å². The SMILES string of the molecule is Cl.Cl.Oc1ccc([C@H](c2ccc(OC(F)(F)F)cc2)N2CCNCC2)cc1F. The highest BCUT2D eigenvalue weighted by molar-refractivity contribution is 5.85. The zero-order chi connectivity index (χ0) is 18.7. The molecule has 0 aliphatic carbocycles. The predicted octanol–water partition coefficient (Wildman–Crippen LogP) is 4.27. The van der Waals surface area contributed by atoms with Gasteiger partial charge in [-0.1, -0.05) is 18.2 Å². The van der Waals surface area contributed by atoms with Gasteiger partial charge in [0.25, 0.3) is 0 Å². The van der Waals surface area contributed by atoms with Crippen molar-refractivity contribution in [3.8, 4) is 11.5 Å². The van der Waals surface area contributed by atoms with Gasteiger partial charge in [-0.05, 0) is 35.4 Å². The lowest BCUT2D eigenvalue weighted by Gasteiger charge is -2.35. The number of benzene rings is 2. The molecular formula is C18H20Cl2F4N2O2. The predicted molar refractivity (Wildman–Crippen MR) is 102 cm³/mol. The van der Waals surface area contributed by atoms with Gasteiger partial charge in [-0.3, -0.25) is 4.90 Å². The number of aromatic hydroxyl groups is 1. The molecule has 28 heavy (non-hydrogen) atoms. The molecule has 1 saturated heterocycles. The van der Waals surface area contributed by atoms with Crippen molar-refractivity contribution in [2.75, 3.05) is 26.2 Å². The van der Waals surface area contributed by atoms with Crippen molar-refractivity contribution in [1.29, 1.82) is 0 Å². The van der Waals surface area contributed by atoms with E-state index in [1.807, 2.05) is 0 Å². The first-order valence-electron chi connectivity index (χ1n) is 8.12. The first-order chi connectivity index (χ1) is 12.3. The van der Waals surface area contributed by atoms with Crippen LogP contribution in [0.2, 0.25) is 0 Å². The molecule has 1 atom stereocenters. The maximum absolute atomic E-state index is 13.8. The number of hydrogen-bond donors (Lipinski definition) is 2. The molecular weight excluding hydrogens is 423 g/mol. The molecule has 10 heteroatoms. The number of rotatable bonds is 4. The van der Waals surface area contributed by atoms with Gasteiger partial charge in [0.15, 0.2) is 11.6 Å². The highest BCUT2D eigenvalue weighted by atomic mass is 35.5. The van der Waals surface area contributed by atoms with Gasteiger partial charge in [0.2, 0.25) is 0 Å². The molecule has 1 heterocycles. The summed E-state index contributed by atoms with van der Waals surface area (Å²) in [7, 11) is 0. The summed E-state index contributed by atoms with van der Waals surface area (Å²) in [5.41, 5.74) is 1.33. The fourth-order valence-electron chi connectivity index (χ4n) is 3.10. The molecule has 156 valence electrons. The molecule has 2 aromatic rings. The second kappa shape index (κ2) is 10.2. The van der Waals surface area contributed by atoms with Crippen LogP contribution in [0.25, 0.3) is 0 Å². The zero-order valence-corrected chi connectivity index (χ0v) is 16.2. The first kappa shape index (κ1) is 24.3. The Morgan fingerprint density at radius 3 is 2.07 bits per heavy atom. The van der Waals surface area contributed by atoms with E-state index in [0.717, 1.165) is 13.1 Å². The summed E-state index contributed by atoms with van der Waals surface area (Å²) < 4.78 is 54.8. The van der Waals surface area contributed by atoms with Crippen LogP contribution in [0.15, 0.2) is 42.5 Å². The van der Waals surface area contributed by atoms with Crippen LogP contribution in [-0.4, -0.2) is 42.5 Å². The van der Waals surface area contributed by atoms with Crippen LogP contribution in [0.5, 0.6) is 11.5 Å². The number of nitrogens with zero attached hydrogens (tertiary/aromatic N) is 1. The molecule has 4 nitrogen and oxygen atoms in total. The lowest BCUT2D eigenvalue weighted by Crippen LogP contribution is -2.45. The molecule has 1 fully saturated rings. The Kier molecular flexibility index (Phi) is 8.81. The van der Waals surface area contributed by atoms with E-state index < -0.39 is 17.9 Å². The van der Waals surface area contributed by atoms with Crippen LogP contribution in [-0.2, 0) is 0 Å². The smallest absolute Gasteiger partial charge is 0.505 e. The van der Waals surface area contributed by atoms with Crippen molar-refractivity contribution in [2.24, 2.45) is 0 Å². The third-order valence-electron chi connectivity index (χ3n) is 4.23. The lowest BCUT2D eigenvalue weighted by atomic mass is 9.96. The number of phenolic OH excluding ortho intramolecular Hbond substituents is 1. The second-order valence-electron chi connectivity index (χ2n) is 6.02. The van der Waals surface area contributed by atoms with Gasteiger partial charge in [-0.2, -0.15) is 0 Å². The van der Waals surface area contributed by atoms with Crippen LogP contribution < -0.4 is 10.1 Å². The summed E-state index contributed by atoms with van der Waals surface area (Å²) in [6.07, 6.45) is -4.75. The summed E-state index contributed by atoms with van der Waals surface area (Å²) >= 11 is 0. The number of nitrogens with one attached hydrogen (secondary N) is 1. The largest absolute Gasteiger partial charge is 0.573 e. The topological polar surface area (TPSA) is 44.7 Å². The molecule has 0 unspecified atom stereocenters. The Balaban J connectivity index is 0.00000196. The Morgan fingerprint density at radius 2 is 1.54 bits per heavy atom. The van der Waals surface area contributed by atoms with Gasteiger partial charge < -0.3 is 15.2 Å². The van der Waals surface area contributed by atoms with Crippen molar-refractivity contribution in [2.45, 2.75) is 12.4 Å². The van der Waals surface area contributed by atoms with E-state index in [9.17, 15) is 22.7 Å². The van der Waals surface area contributed by atoms with Crippen molar-refractivity contribution in [3.05, 3.63) is 59.4 Å². The van der Waals surface area contributed by atoms with Crippen molar-refractivity contribution >= 4 is 24.8 Å². The van der Waals surface area contributed by atoms with Gasteiger partial charge in [-0.25, -0.2) is 4.39 Å². The summed E-state index contributed by atoms with van der Waals surface area (Å²) in [4.78, 5) is 2.11. The Bertz CT molecular complexity index is 754. The average molecular weight is 443 g/mol. The molecule has 2 N–H and O–H groups in total. The van der Waals surface area contributed by atoms with Crippen LogP contribution in [0, 0.1) is 5.82 Å². The Morgan fingerprint density at radius 1 is 0.964 bits per heavy atom. The number of alkyl halides is 3. The number of hydrogen-bond acceptors (Lipinski definition) is 4. The molecule has 0 radical (unpaired) electrons. The lowest BCUT2D eigenvalue weighted by molar-refractivity contribution is -0.274. The van der Waals surface area contributed by atoms with Crippen molar-refractivity contribution in [3.63, 3.8) is 0 Å². The second-order valence-corrected chi connectivity index (χ2v) is 6.02. The Labute approximate surface area is 172 Å². The van der Waals surface area contributed by atoms with E-state index >= 15 is 0 Å². The third kappa shape index (κ3) is 6.13. The number of phenols is 1. The maximum atomic E-state index is 13.8. The molecule has 3 rings (SSSR count). The van der Waals surface area contributed by atoms with Gasteiger partial charge >= 0.3 is 6.36 Å². The minimum absolute atomic E-state index is 0. The minimum Gasteiger partial charge on any atom is -0.505 e. The molecule has 0 aromatic heterocycles. The van der Waals surface area contributed by atoms with Crippen LogP contribution in [0.1, 0.15) is 17.2 Å². The van der Waals surface area contributed by atoms with Crippen molar-refractivity contribution in [1.82, 2.24) is 10.2 Å². The fourth-order valence-corrected chi connectivity index (χ4v) is 3.10. The van der Waals surface area contributed by atoms with Gasteiger partial charge in [0.05, 0.1) is 6.04 Å². The Hall–Kier alpha value is -1.74. The van der Waals surface area contributed by atoms with Crippen molar-refractivity contribution < 1.29 is 27.4 Å². The van der Waals surface area contributed by atoms with Crippen LogP contribution in [0.4, 0.5) is 17.6 Å². The molecule has 0 spiro atoms. The molecule has 1 aliphatic heterocycles. The monoisotopic (exact) mass is 442 g/mol. The average Bonchev–Trinajstić information content (AvgIpc) is 2.59. The molecule has 0 amide bonds. The molecule has 0 bridgehead atoms. The molecule has 2 aromatic carbocycles. The van der Waals surface area contributed by atoms with E-state index in [2.05, 4.69) is 15.0 Å². The first-order valence-corrected chi connectivity index (χ1v) is 8.12. The van der Waals surface area contributed by atoms with E-state index in [1.165, 1.54) is 24.3 Å². The quantitative estimate of drug-likeness (QED) is 0.694. The number of ether oxygens (including phenoxy) is 1. The summed E-state index contributed by atoms with van der Waals surface area (Å²) in [6, 6.07) is 9.38. The van der Waals surface area contributed by atoms with Gasteiger partial charge in [-0.15, -0.1) is 38.0 Å². The van der Waals surface area contributed by atoms with Crippen LogP contribution >= 0.6 is 24.8 Å². The molecule has 0 saturated carbocycles. The van der Waals surface area contributed by atoms with Gasteiger partial charge in [0, 0.05) is 26.2 Å². The van der Waals surface area contributed by atoms with E-state index in [1.54, 1.807) is 18.2 Å². The van der Waals surface area contributed by atoms with Crippen LogP contribution in [0.3, 0.4) is 0 Å². The number of piperazine rings is 1. The zero-order valence-electron chi connectivity index (χ0n) is 14.6. The normalized spacial score (nSPS) is 15.9. The minimum atomic E-state index is -4.75. The fraction of sp³-hybridized carbons (Fsp3) is 0.333. The third-order valence-corrected chi connectivity index (χ3v) is 4.23. The summed E-state index contributed by atoms with van der Waals surface area (Å²) in [5.74, 6) is -1.49. The standard InChI is InChI=1S/C18H18F4N2O2.2ClH/c19-15-11-13(3-6-16(15)25)17(24-9-7-23-8-10-24)12-1-4-14(5-2-12)26-18(20,21)22;;/h1-6,11,17,23,25H,7-10H2;2*1H/t17-;;/m0../s1. The highest BCUT2D eigenvalue weighted by Gasteiger charge is 2.31. The summed E-state index contributed by atoms with van der Waals surface area (Å²) in [6.45, 7) is 2.92. The molecule has 1 aliphatic rings. The maximum Gasteiger partial charge on any atom is 0.573 e. The number of halogens is 6.